The summed E-state index contributed by atoms with van der Waals surface area (Å²) in [6.45, 7) is 0. The van der Waals surface area contributed by atoms with Gasteiger partial charge in [-0.15, -0.1) is 0 Å². The molecule has 0 amide bonds. The van der Waals surface area contributed by atoms with Gasteiger partial charge in [0, 0.05) is 36.3 Å². The minimum atomic E-state index is -0.435. The molecular weight excluding hydrogens is 336 g/mol. The van der Waals surface area contributed by atoms with Crippen molar-refractivity contribution in [3.63, 3.8) is 0 Å². The molecule has 1 heterocycles. The second-order valence-electron chi connectivity index (χ2n) is 4.62. The second kappa shape index (κ2) is 5.21. The molecule has 5 nitrogen and oxygen atoms in total. The first kappa shape index (κ1) is 13.6. The molecule has 2 aromatic carbocycles. The van der Waals surface area contributed by atoms with Crippen LogP contribution in [-0.4, -0.2) is 9.49 Å². The van der Waals surface area contributed by atoms with Gasteiger partial charge in [0.15, 0.2) is 0 Å². The second-order valence-corrected chi connectivity index (χ2v) is 5.48. The molecule has 0 saturated carbocycles. The third-order valence-corrected chi connectivity index (χ3v) is 3.83. The number of nitro benzene ring substituents is 1. The molecule has 0 saturated heterocycles. The minimum absolute atomic E-state index is 0.0416. The normalized spacial score (nSPS) is 10.8. The first-order valence-corrected chi connectivity index (χ1v) is 7.01. The molecule has 21 heavy (non-hydrogen) atoms. The maximum absolute atomic E-state index is 10.6. The molecule has 0 aliphatic carbocycles. The van der Waals surface area contributed by atoms with Gasteiger partial charge < -0.3 is 9.30 Å². The Morgan fingerprint density at radius 3 is 2.57 bits per heavy atom. The topological polar surface area (TPSA) is 57.3 Å². The lowest BCUT2D eigenvalue weighted by Gasteiger charge is -2.08. The number of hydrogen-bond donors (Lipinski definition) is 0. The van der Waals surface area contributed by atoms with Gasteiger partial charge in [-0.2, -0.15) is 0 Å². The lowest BCUT2D eigenvalue weighted by atomic mass is 10.2. The molecular formula is C15H11BrN2O3. The van der Waals surface area contributed by atoms with E-state index in [4.69, 9.17) is 4.74 Å². The highest BCUT2D eigenvalue weighted by molar-refractivity contribution is 9.10. The molecule has 0 spiro atoms. The molecule has 0 radical (unpaired) electrons. The first-order valence-electron chi connectivity index (χ1n) is 6.21. The number of ether oxygens (including phenoxy) is 1. The van der Waals surface area contributed by atoms with Crippen LogP contribution in [0.25, 0.3) is 10.9 Å². The number of non-ortho nitro benzene ring substituents is 1. The third-order valence-electron chi connectivity index (χ3n) is 3.21. The summed E-state index contributed by atoms with van der Waals surface area (Å²) in [5, 5.41) is 11.7. The van der Waals surface area contributed by atoms with Crippen molar-refractivity contribution in [1.29, 1.82) is 0 Å². The SMILES string of the molecule is Cn1ccc2cc(Oc3ccc([N+](=O)[O-])cc3)c(Br)cc21. The molecule has 0 N–H and O–H groups in total. The van der Waals surface area contributed by atoms with Gasteiger partial charge >= 0.3 is 0 Å². The highest BCUT2D eigenvalue weighted by atomic mass is 79.9. The van der Waals surface area contributed by atoms with Crippen molar-refractivity contribution in [2.45, 2.75) is 0 Å². The first-order chi connectivity index (χ1) is 10.0. The fourth-order valence-corrected chi connectivity index (χ4v) is 2.52. The summed E-state index contributed by atoms with van der Waals surface area (Å²) >= 11 is 3.48. The van der Waals surface area contributed by atoms with Crippen molar-refractivity contribution >= 4 is 32.5 Å². The van der Waals surface area contributed by atoms with Gasteiger partial charge in [0.25, 0.3) is 5.69 Å². The third kappa shape index (κ3) is 2.62. The summed E-state index contributed by atoms with van der Waals surface area (Å²) in [6.07, 6.45) is 1.98. The number of hydrogen-bond acceptors (Lipinski definition) is 3. The Labute approximate surface area is 129 Å². The van der Waals surface area contributed by atoms with Crippen LogP contribution in [0.2, 0.25) is 0 Å². The van der Waals surface area contributed by atoms with Crippen molar-refractivity contribution in [3.8, 4) is 11.5 Å². The Kier molecular flexibility index (Phi) is 3.39. The van der Waals surface area contributed by atoms with Crippen LogP contribution in [-0.2, 0) is 7.05 Å². The summed E-state index contributed by atoms with van der Waals surface area (Å²) in [7, 11) is 1.98. The predicted molar refractivity (Wildman–Crippen MR) is 83.8 cm³/mol. The number of halogens is 1. The van der Waals surface area contributed by atoms with E-state index >= 15 is 0 Å². The monoisotopic (exact) mass is 346 g/mol. The van der Waals surface area contributed by atoms with E-state index in [0.717, 1.165) is 15.4 Å². The Bertz CT molecular complexity index is 825. The van der Waals surface area contributed by atoms with Gasteiger partial charge in [-0.1, -0.05) is 0 Å². The fourth-order valence-electron chi connectivity index (χ4n) is 2.11. The molecule has 0 fully saturated rings. The van der Waals surface area contributed by atoms with Crippen LogP contribution in [0.15, 0.2) is 53.1 Å². The maximum atomic E-state index is 10.6. The minimum Gasteiger partial charge on any atom is -0.456 e. The lowest BCUT2D eigenvalue weighted by molar-refractivity contribution is -0.384. The van der Waals surface area contributed by atoms with E-state index in [1.54, 1.807) is 12.1 Å². The summed E-state index contributed by atoms with van der Waals surface area (Å²) < 4.78 is 8.63. The molecule has 0 aliphatic rings. The zero-order valence-electron chi connectivity index (χ0n) is 11.1. The Hall–Kier alpha value is -2.34. The van der Waals surface area contributed by atoms with Crippen molar-refractivity contribution in [2.75, 3.05) is 0 Å². The van der Waals surface area contributed by atoms with E-state index in [-0.39, 0.29) is 5.69 Å². The zero-order valence-corrected chi connectivity index (χ0v) is 12.7. The van der Waals surface area contributed by atoms with E-state index < -0.39 is 4.92 Å². The van der Waals surface area contributed by atoms with Gasteiger partial charge in [0.1, 0.15) is 11.5 Å². The fraction of sp³-hybridized carbons (Fsp3) is 0.0667. The lowest BCUT2D eigenvalue weighted by Crippen LogP contribution is -1.90. The average Bonchev–Trinajstić information content (AvgIpc) is 2.81. The van der Waals surface area contributed by atoms with Crippen molar-refractivity contribution in [2.24, 2.45) is 7.05 Å². The number of aromatic nitrogens is 1. The highest BCUT2D eigenvalue weighted by Gasteiger charge is 2.09. The largest absolute Gasteiger partial charge is 0.456 e. The molecule has 6 heteroatoms. The summed E-state index contributed by atoms with van der Waals surface area (Å²) in [5.74, 6) is 1.22. The van der Waals surface area contributed by atoms with E-state index in [9.17, 15) is 10.1 Å². The maximum Gasteiger partial charge on any atom is 0.269 e. The summed E-state index contributed by atoms with van der Waals surface area (Å²) in [4.78, 5) is 10.2. The molecule has 106 valence electrons. The van der Waals surface area contributed by atoms with Crippen LogP contribution in [0.5, 0.6) is 11.5 Å². The van der Waals surface area contributed by atoms with Crippen LogP contribution in [0.3, 0.4) is 0 Å². The van der Waals surface area contributed by atoms with Crippen LogP contribution in [0.1, 0.15) is 0 Å². The molecule has 0 bridgehead atoms. The zero-order chi connectivity index (χ0) is 15.0. The van der Waals surface area contributed by atoms with Crippen LogP contribution < -0.4 is 4.74 Å². The van der Waals surface area contributed by atoms with Crippen LogP contribution in [0, 0.1) is 10.1 Å². The Morgan fingerprint density at radius 2 is 1.90 bits per heavy atom. The van der Waals surface area contributed by atoms with E-state index in [1.807, 2.05) is 36.0 Å². The number of nitro groups is 1. The van der Waals surface area contributed by atoms with E-state index in [1.165, 1.54) is 12.1 Å². The molecule has 0 atom stereocenters. The summed E-state index contributed by atoms with van der Waals surface area (Å²) in [5.41, 5.74) is 1.14. The van der Waals surface area contributed by atoms with Gasteiger partial charge in [-0.05, 0) is 46.3 Å². The highest BCUT2D eigenvalue weighted by Crippen LogP contribution is 2.34. The van der Waals surface area contributed by atoms with E-state index in [2.05, 4.69) is 15.9 Å². The van der Waals surface area contributed by atoms with Gasteiger partial charge in [0.2, 0.25) is 0 Å². The van der Waals surface area contributed by atoms with Gasteiger partial charge in [-0.25, -0.2) is 0 Å². The molecule has 0 aliphatic heterocycles. The smallest absolute Gasteiger partial charge is 0.269 e. The summed E-state index contributed by atoms with van der Waals surface area (Å²) in [6, 6.07) is 11.9. The molecule has 3 rings (SSSR count). The number of fused-ring (bicyclic) bond motifs is 1. The quantitative estimate of drug-likeness (QED) is 0.512. The molecule has 1 aromatic heterocycles. The molecule has 0 unspecified atom stereocenters. The Morgan fingerprint density at radius 1 is 1.19 bits per heavy atom. The van der Waals surface area contributed by atoms with Gasteiger partial charge in [-0.3, -0.25) is 10.1 Å². The number of benzene rings is 2. The van der Waals surface area contributed by atoms with Crippen LogP contribution in [0.4, 0.5) is 5.69 Å². The predicted octanol–water partition coefficient (Wildman–Crippen LogP) is 4.64. The average molecular weight is 347 g/mol. The standard InChI is InChI=1S/C15H11BrN2O3/c1-17-7-6-10-8-15(13(16)9-14(10)17)21-12-4-2-11(3-5-12)18(19)20/h2-9H,1H3. The van der Waals surface area contributed by atoms with E-state index in [0.29, 0.717) is 11.5 Å². The van der Waals surface area contributed by atoms with Gasteiger partial charge in [0.05, 0.1) is 9.40 Å². The van der Waals surface area contributed by atoms with Crippen molar-refractivity contribution in [1.82, 2.24) is 4.57 Å². The van der Waals surface area contributed by atoms with Crippen molar-refractivity contribution in [3.05, 3.63) is 63.2 Å². The molecule has 3 aromatic rings. The number of nitrogens with zero attached hydrogens (tertiary/aromatic N) is 2. The Balaban J connectivity index is 1.93. The van der Waals surface area contributed by atoms with Crippen LogP contribution >= 0.6 is 15.9 Å². The number of aryl methyl sites for hydroxylation is 1. The number of rotatable bonds is 3. The van der Waals surface area contributed by atoms with Crippen molar-refractivity contribution < 1.29 is 9.66 Å².